The number of thiazole rings is 1. The lowest BCUT2D eigenvalue weighted by molar-refractivity contribution is 1.10. The predicted molar refractivity (Wildman–Crippen MR) is 74.1 cm³/mol. The van der Waals surface area contributed by atoms with Crippen LogP contribution >= 0.6 is 38.9 Å². The lowest BCUT2D eigenvalue weighted by Gasteiger charge is -2.01. The van der Waals surface area contributed by atoms with Gasteiger partial charge in [-0.15, -0.1) is 11.3 Å². The first-order valence-corrected chi connectivity index (χ1v) is 6.81. The smallest absolute Gasteiger partial charge is 0.114 e. The average molecular weight is 318 g/mol. The van der Waals surface area contributed by atoms with Gasteiger partial charge in [-0.25, -0.2) is 4.98 Å². The van der Waals surface area contributed by atoms with Crippen LogP contribution in [0.5, 0.6) is 0 Å². The average Bonchev–Trinajstić information content (AvgIpc) is 2.64. The quantitative estimate of drug-likeness (QED) is 0.893. The maximum Gasteiger partial charge on any atom is 0.114 e. The Hall–Kier alpha value is -0.580. The first-order valence-electron chi connectivity index (χ1n) is 4.82. The molecule has 84 valence electrons. The minimum Gasteiger partial charge on any atom is -0.389 e. The van der Waals surface area contributed by atoms with Crippen LogP contribution in [0.25, 0.3) is 11.3 Å². The van der Waals surface area contributed by atoms with Crippen molar-refractivity contribution >= 4 is 43.9 Å². The van der Waals surface area contributed by atoms with Gasteiger partial charge in [-0.05, 0) is 34.5 Å². The number of hydrogen-bond donors (Lipinski definition) is 1. The first-order chi connectivity index (χ1) is 7.61. The molecule has 0 radical (unpaired) electrons. The van der Waals surface area contributed by atoms with E-state index in [0.29, 0.717) is 5.02 Å². The van der Waals surface area contributed by atoms with E-state index in [1.54, 1.807) is 0 Å². The molecular weight excluding hydrogens is 308 g/mol. The highest BCUT2D eigenvalue weighted by Gasteiger charge is 2.10. The van der Waals surface area contributed by atoms with Gasteiger partial charge in [0.15, 0.2) is 0 Å². The molecule has 5 heteroatoms. The van der Waals surface area contributed by atoms with Crippen LogP contribution in [0.1, 0.15) is 11.9 Å². The number of hydrogen-bond acceptors (Lipinski definition) is 3. The molecule has 0 spiro atoms. The Morgan fingerprint density at radius 3 is 2.81 bits per heavy atom. The minimum absolute atomic E-state index is 0.669. The molecule has 2 aromatic rings. The fourth-order valence-corrected chi connectivity index (χ4v) is 2.60. The summed E-state index contributed by atoms with van der Waals surface area (Å²) in [6, 6.07) is 5.74. The maximum absolute atomic E-state index is 6.04. The topological polar surface area (TPSA) is 38.9 Å². The van der Waals surface area contributed by atoms with Crippen molar-refractivity contribution < 1.29 is 0 Å². The monoisotopic (exact) mass is 316 g/mol. The fourth-order valence-electron chi connectivity index (χ4n) is 1.38. The van der Waals surface area contributed by atoms with Gasteiger partial charge in [0.1, 0.15) is 10.7 Å². The Labute approximate surface area is 112 Å². The Kier molecular flexibility index (Phi) is 3.52. The maximum atomic E-state index is 6.04. The Balaban J connectivity index is 2.49. The fraction of sp³-hybridized carbons (Fsp3) is 0.182. The number of benzene rings is 1. The molecule has 2 rings (SSSR count). The van der Waals surface area contributed by atoms with E-state index in [1.165, 1.54) is 11.3 Å². The van der Waals surface area contributed by atoms with Crippen molar-refractivity contribution in [1.29, 1.82) is 0 Å². The number of anilines is 1. The summed E-state index contributed by atoms with van der Waals surface area (Å²) in [6.07, 6.45) is 0.902. The van der Waals surface area contributed by atoms with E-state index in [1.807, 2.05) is 18.2 Å². The molecule has 0 aliphatic rings. The summed E-state index contributed by atoms with van der Waals surface area (Å²) in [5, 5.41) is 2.46. The van der Waals surface area contributed by atoms with Gasteiger partial charge >= 0.3 is 0 Å². The van der Waals surface area contributed by atoms with Gasteiger partial charge in [-0.1, -0.05) is 24.6 Å². The molecule has 2 nitrogen and oxygen atoms in total. The molecule has 0 saturated carbocycles. The number of aryl methyl sites for hydroxylation is 1. The normalized spacial score (nSPS) is 10.7. The molecule has 0 saturated heterocycles. The molecule has 1 aromatic heterocycles. The van der Waals surface area contributed by atoms with Crippen LogP contribution in [-0.2, 0) is 6.42 Å². The third-order valence-electron chi connectivity index (χ3n) is 2.19. The van der Waals surface area contributed by atoms with Crippen LogP contribution in [0.15, 0.2) is 22.7 Å². The van der Waals surface area contributed by atoms with E-state index in [2.05, 4.69) is 27.8 Å². The van der Waals surface area contributed by atoms with Crippen molar-refractivity contribution in [2.75, 3.05) is 5.73 Å². The zero-order chi connectivity index (χ0) is 11.7. The van der Waals surface area contributed by atoms with E-state index in [9.17, 15) is 0 Å². The van der Waals surface area contributed by atoms with Gasteiger partial charge in [0.25, 0.3) is 0 Å². The van der Waals surface area contributed by atoms with Crippen LogP contribution in [0.4, 0.5) is 5.00 Å². The number of nitrogens with zero attached hydrogens (tertiary/aromatic N) is 1. The lowest BCUT2D eigenvalue weighted by atomic mass is 10.2. The zero-order valence-electron chi connectivity index (χ0n) is 8.63. The molecule has 0 aliphatic carbocycles. The van der Waals surface area contributed by atoms with Crippen LogP contribution in [-0.4, -0.2) is 4.98 Å². The van der Waals surface area contributed by atoms with Crippen molar-refractivity contribution in [3.05, 3.63) is 32.7 Å². The molecule has 1 heterocycles. The van der Waals surface area contributed by atoms with E-state index >= 15 is 0 Å². The number of nitrogen functional groups attached to an aromatic ring is 1. The van der Waals surface area contributed by atoms with E-state index in [4.69, 9.17) is 17.3 Å². The number of aromatic nitrogens is 1. The Morgan fingerprint density at radius 1 is 1.50 bits per heavy atom. The van der Waals surface area contributed by atoms with Crippen molar-refractivity contribution in [2.45, 2.75) is 13.3 Å². The van der Waals surface area contributed by atoms with Crippen LogP contribution in [0, 0.1) is 0 Å². The molecule has 0 atom stereocenters. The summed E-state index contributed by atoms with van der Waals surface area (Å²) >= 11 is 10.9. The van der Waals surface area contributed by atoms with Gasteiger partial charge in [-0.2, -0.15) is 0 Å². The molecule has 2 N–H and O–H groups in total. The summed E-state index contributed by atoms with van der Waals surface area (Å²) in [5.74, 6) is 0. The summed E-state index contributed by atoms with van der Waals surface area (Å²) < 4.78 is 0.877. The standard InChI is InChI=1S/C11H10BrClN2S/c1-2-9-15-10(11(14)16-9)6-3-4-7(12)8(13)5-6/h3-5H,2,14H2,1H3. The summed E-state index contributed by atoms with van der Waals surface area (Å²) in [7, 11) is 0. The summed E-state index contributed by atoms with van der Waals surface area (Å²) in [6.45, 7) is 2.07. The van der Waals surface area contributed by atoms with Crippen LogP contribution < -0.4 is 5.73 Å². The van der Waals surface area contributed by atoms with Crippen molar-refractivity contribution in [2.24, 2.45) is 0 Å². The van der Waals surface area contributed by atoms with Crippen molar-refractivity contribution in [3.63, 3.8) is 0 Å². The summed E-state index contributed by atoms with van der Waals surface area (Å²) in [4.78, 5) is 4.49. The summed E-state index contributed by atoms with van der Waals surface area (Å²) in [5.41, 5.74) is 7.73. The predicted octanol–water partition coefficient (Wildman–Crippen LogP) is 4.37. The second-order valence-corrected chi connectivity index (χ2v) is 5.68. The third kappa shape index (κ3) is 2.24. The van der Waals surface area contributed by atoms with E-state index < -0.39 is 0 Å². The van der Waals surface area contributed by atoms with Crippen molar-refractivity contribution in [3.8, 4) is 11.3 Å². The second-order valence-electron chi connectivity index (χ2n) is 3.30. The Bertz CT molecular complexity index is 525. The molecule has 1 aromatic carbocycles. The highest BCUT2D eigenvalue weighted by molar-refractivity contribution is 9.10. The van der Waals surface area contributed by atoms with E-state index in [-0.39, 0.29) is 0 Å². The van der Waals surface area contributed by atoms with Crippen molar-refractivity contribution in [1.82, 2.24) is 4.98 Å². The lowest BCUT2D eigenvalue weighted by Crippen LogP contribution is -1.86. The molecule has 0 amide bonds. The molecule has 16 heavy (non-hydrogen) atoms. The second kappa shape index (κ2) is 4.73. The molecule has 0 bridgehead atoms. The largest absolute Gasteiger partial charge is 0.389 e. The molecule has 0 aliphatic heterocycles. The highest BCUT2D eigenvalue weighted by atomic mass is 79.9. The van der Waals surface area contributed by atoms with E-state index in [0.717, 1.165) is 32.2 Å². The number of halogens is 2. The van der Waals surface area contributed by atoms with Gasteiger partial charge in [0.2, 0.25) is 0 Å². The van der Waals surface area contributed by atoms with Gasteiger partial charge in [0.05, 0.1) is 10.0 Å². The third-order valence-corrected chi connectivity index (χ3v) is 4.45. The first kappa shape index (κ1) is 11.9. The SMILES string of the molecule is CCc1nc(-c2ccc(Br)c(Cl)c2)c(N)s1. The van der Waals surface area contributed by atoms with Gasteiger partial charge < -0.3 is 5.73 Å². The highest BCUT2D eigenvalue weighted by Crippen LogP contribution is 2.34. The van der Waals surface area contributed by atoms with Crippen LogP contribution in [0.3, 0.4) is 0 Å². The molecule has 0 unspecified atom stereocenters. The van der Waals surface area contributed by atoms with Gasteiger partial charge in [0, 0.05) is 10.0 Å². The molecule has 0 fully saturated rings. The number of rotatable bonds is 2. The Morgan fingerprint density at radius 2 is 2.25 bits per heavy atom. The zero-order valence-corrected chi connectivity index (χ0v) is 11.8. The van der Waals surface area contributed by atoms with Gasteiger partial charge in [-0.3, -0.25) is 0 Å². The number of nitrogens with two attached hydrogens (primary N) is 1. The minimum atomic E-state index is 0.669. The molecular formula is C11H10BrClN2S. The van der Waals surface area contributed by atoms with Crippen LogP contribution in [0.2, 0.25) is 5.02 Å².